The van der Waals surface area contributed by atoms with Gasteiger partial charge in [-0.2, -0.15) is 0 Å². The number of nitrogens with one attached hydrogen (secondary N) is 1. The number of nitrogens with zero attached hydrogens (tertiary/aromatic N) is 1. The van der Waals surface area contributed by atoms with Gasteiger partial charge in [-0.25, -0.2) is 4.98 Å². The molecule has 0 spiro atoms. The number of pyridine rings is 1. The van der Waals surface area contributed by atoms with Gasteiger partial charge in [0.1, 0.15) is 5.15 Å². The van der Waals surface area contributed by atoms with E-state index in [-0.39, 0.29) is 0 Å². The molecular formula is C10H9ClN2O. The van der Waals surface area contributed by atoms with Crippen LogP contribution in [0.15, 0.2) is 6.07 Å². The Hall–Kier alpha value is -1.35. The zero-order valence-electron chi connectivity index (χ0n) is 7.89. The number of aryl methyl sites for hydroxylation is 2. The molecule has 0 amide bonds. The van der Waals surface area contributed by atoms with Crippen molar-refractivity contribution in [2.75, 3.05) is 0 Å². The number of rotatable bonds is 1. The number of H-pyrrole nitrogens is 1. The van der Waals surface area contributed by atoms with Crippen LogP contribution in [0.4, 0.5) is 0 Å². The number of aromatic nitrogens is 2. The first-order valence-electron chi connectivity index (χ1n) is 4.24. The van der Waals surface area contributed by atoms with E-state index in [0.29, 0.717) is 10.8 Å². The van der Waals surface area contributed by atoms with Gasteiger partial charge in [0.15, 0.2) is 6.29 Å². The molecule has 72 valence electrons. The van der Waals surface area contributed by atoms with E-state index in [1.54, 1.807) is 6.07 Å². The van der Waals surface area contributed by atoms with Crippen LogP contribution >= 0.6 is 11.6 Å². The first-order chi connectivity index (χ1) is 6.63. The Morgan fingerprint density at radius 3 is 2.86 bits per heavy atom. The summed E-state index contributed by atoms with van der Waals surface area (Å²) in [6.45, 7) is 3.84. The normalized spacial score (nSPS) is 10.8. The Bertz CT molecular complexity index is 516. The van der Waals surface area contributed by atoms with E-state index >= 15 is 0 Å². The van der Waals surface area contributed by atoms with Gasteiger partial charge in [0.25, 0.3) is 0 Å². The number of aromatic amines is 1. The largest absolute Gasteiger partial charge is 0.352 e. The summed E-state index contributed by atoms with van der Waals surface area (Å²) in [5, 5.41) is 1.24. The lowest BCUT2D eigenvalue weighted by atomic mass is 10.2. The Balaban J connectivity index is 2.90. The molecule has 4 heteroatoms. The Morgan fingerprint density at radius 2 is 2.21 bits per heavy atom. The Labute approximate surface area is 86.1 Å². The maximum Gasteiger partial charge on any atom is 0.166 e. The summed E-state index contributed by atoms with van der Waals surface area (Å²) in [7, 11) is 0. The molecule has 2 aromatic rings. The monoisotopic (exact) mass is 208 g/mol. The molecule has 0 radical (unpaired) electrons. The van der Waals surface area contributed by atoms with Gasteiger partial charge in [-0.05, 0) is 25.5 Å². The highest BCUT2D eigenvalue weighted by Gasteiger charge is 2.09. The van der Waals surface area contributed by atoms with Gasteiger partial charge in [0.2, 0.25) is 0 Å². The van der Waals surface area contributed by atoms with Crippen molar-refractivity contribution in [1.29, 1.82) is 0 Å². The molecule has 0 aromatic carbocycles. The lowest BCUT2D eigenvalue weighted by Crippen LogP contribution is -1.89. The highest BCUT2D eigenvalue weighted by atomic mass is 35.5. The molecule has 0 saturated carbocycles. The first-order valence-corrected chi connectivity index (χ1v) is 4.62. The second-order valence-corrected chi connectivity index (χ2v) is 3.60. The molecule has 0 unspecified atom stereocenters. The second kappa shape index (κ2) is 3.10. The maximum absolute atomic E-state index is 10.6. The molecule has 0 aliphatic carbocycles. The number of halogens is 1. The van der Waals surface area contributed by atoms with Gasteiger partial charge in [0, 0.05) is 11.1 Å². The average Bonchev–Trinajstić information content (AvgIpc) is 2.58. The van der Waals surface area contributed by atoms with Crippen molar-refractivity contribution in [2.24, 2.45) is 0 Å². The Kier molecular flexibility index (Phi) is 2.04. The van der Waals surface area contributed by atoms with Gasteiger partial charge >= 0.3 is 0 Å². The molecule has 14 heavy (non-hydrogen) atoms. The van der Waals surface area contributed by atoms with Crippen molar-refractivity contribution in [1.82, 2.24) is 9.97 Å². The minimum atomic E-state index is 0.437. The van der Waals surface area contributed by atoms with Crippen molar-refractivity contribution in [3.05, 3.63) is 28.2 Å². The minimum absolute atomic E-state index is 0.437. The predicted molar refractivity (Wildman–Crippen MR) is 56.0 cm³/mol. The van der Waals surface area contributed by atoms with Gasteiger partial charge < -0.3 is 4.98 Å². The summed E-state index contributed by atoms with van der Waals surface area (Å²) in [4.78, 5) is 17.8. The van der Waals surface area contributed by atoms with Crippen LogP contribution in [0.1, 0.15) is 21.7 Å². The van der Waals surface area contributed by atoms with Crippen LogP contribution in [0.2, 0.25) is 5.15 Å². The smallest absolute Gasteiger partial charge is 0.166 e. The van der Waals surface area contributed by atoms with Crippen LogP contribution in [0.3, 0.4) is 0 Å². The average molecular weight is 209 g/mol. The van der Waals surface area contributed by atoms with Crippen LogP contribution in [-0.2, 0) is 0 Å². The Morgan fingerprint density at radius 1 is 1.50 bits per heavy atom. The van der Waals surface area contributed by atoms with E-state index in [1.165, 1.54) is 0 Å². The first kappa shape index (κ1) is 9.21. The number of carbonyl (C=O) groups is 1. The molecule has 2 rings (SSSR count). The number of fused-ring (bicyclic) bond motifs is 1. The van der Waals surface area contributed by atoms with Crippen molar-refractivity contribution < 1.29 is 4.79 Å². The van der Waals surface area contributed by atoms with E-state index in [2.05, 4.69) is 9.97 Å². The molecule has 0 bridgehead atoms. The van der Waals surface area contributed by atoms with Crippen molar-refractivity contribution in [3.63, 3.8) is 0 Å². The summed E-state index contributed by atoms with van der Waals surface area (Å²) >= 11 is 5.96. The van der Waals surface area contributed by atoms with E-state index in [9.17, 15) is 4.79 Å². The molecule has 0 saturated heterocycles. The summed E-state index contributed by atoms with van der Waals surface area (Å²) in [5.74, 6) is 0. The fraction of sp³-hybridized carbons (Fsp3) is 0.200. The second-order valence-electron chi connectivity index (χ2n) is 3.24. The standard InChI is InChI=1S/C10H9ClN2O/c1-5-6(2)12-10(11)8-3-7(4-14)13-9(5)8/h3-4,13H,1-2H3. The zero-order chi connectivity index (χ0) is 10.3. The van der Waals surface area contributed by atoms with Crippen LogP contribution in [0.5, 0.6) is 0 Å². The SMILES string of the molecule is Cc1nc(Cl)c2cc(C=O)[nH]c2c1C. The molecule has 0 aliphatic rings. The van der Waals surface area contributed by atoms with E-state index < -0.39 is 0 Å². The van der Waals surface area contributed by atoms with Crippen LogP contribution in [0.25, 0.3) is 10.9 Å². The molecule has 0 atom stereocenters. The third-order valence-corrected chi connectivity index (χ3v) is 2.66. The molecular weight excluding hydrogens is 200 g/mol. The lowest BCUT2D eigenvalue weighted by Gasteiger charge is -2.01. The van der Waals surface area contributed by atoms with Crippen molar-refractivity contribution in [3.8, 4) is 0 Å². The fourth-order valence-corrected chi connectivity index (χ4v) is 1.75. The molecule has 3 nitrogen and oxygen atoms in total. The third kappa shape index (κ3) is 1.21. The topological polar surface area (TPSA) is 45.8 Å². The minimum Gasteiger partial charge on any atom is -0.352 e. The zero-order valence-corrected chi connectivity index (χ0v) is 8.64. The quantitative estimate of drug-likeness (QED) is 0.579. The predicted octanol–water partition coefficient (Wildman–Crippen LogP) is 2.65. The number of hydrogen-bond acceptors (Lipinski definition) is 2. The van der Waals surface area contributed by atoms with Crippen molar-refractivity contribution in [2.45, 2.75) is 13.8 Å². The summed E-state index contributed by atoms with van der Waals surface area (Å²) in [6, 6.07) is 1.71. The van der Waals surface area contributed by atoms with Crippen LogP contribution in [-0.4, -0.2) is 16.3 Å². The molecule has 1 N–H and O–H groups in total. The molecule has 0 aliphatic heterocycles. The third-order valence-electron chi connectivity index (χ3n) is 2.37. The van der Waals surface area contributed by atoms with Gasteiger partial charge in [-0.15, -0.1) is 0 Å². The molecule has 2 heterocycles. The molecule has 2 aromatic heterocycles. The van der Waals surface area contributed by atoms with E-state index in [1.807, 2.05) is 13.8 Å². The lowest BCUT2D eigenvalue weighted by molar-refractivity contribution is 0.112. The van der Waals surface area contributed by atoms with Crippen LogP contribution in [0, 0.1) is 13.8 Å². The van der Waals surface area contributed by atoms with Gasteiger partial charge in [-0.1, -0.05) is 11.6 Å². The fourth-order valence-electron chi connectivity index (χ4n) is 1.47. The van der Waals surface area contributed by atoms with Crippen molar-refractivity contribution >= 4 is 28.8 Å². The summed E-state index contributed by atoms with van der Waals surface area (Å²) in [5.41, 5.74) is 3.32. The summed E-state index contributed by atoms with van der Waals surface area (Å²) in [6.07, 6.45) is 0.769. The van der Waals surface area contributed by atoms with Gasteiger partial charge in [0.05, 0.1) is 11.2 Å². The van der Waals surface area contributed by atoms with Gasteiger partial charge in [-0.3, -0.25) is 4.79 Å². The maximum atomic E-state index is 10.6. The highest BCUT2D eigenvalue weighted by molar-refractivity contribution is 6.34. The van der Waals surface area contributed by atoms with Crippen LogP contribution < -0.4 is 0 Å². The van der Waals surface area contributed by atoms with E-state index in [4.69, 9.17) is 11.6 Å². The number of carbonyl (C=O) groups excluding carboxylic acids is 1. The number of hydrogen-bond donors (Lipinski definition) is 1. The summed E-state index contributed by atoms with van der Waals surface area (Å²) < 4.78 is 0. The molecule has 0 fully saturated rings. The van der Waals surface area contributed by atoms with E-state index in [0.717, 1.165) is 28.4 Å². The highest BCUT2D eigenvalue weighted by Crippen LogP contribution is 2.26. The number of aldehydes is 1.